The van der Waals surface area contributed by atoms with E-state index < -0.39 is 18.7 Å². The fraction of sp³-hybridized carbons (Fsp3) is 1.00. The third-order valence-corrected chi connectivity index (χ3v) is 3.14. The zero-order valence-electron chi connectivity index (χ0n) is 10.9. The number of aliphatic hydroxyl groups is 1. The lowest BCUT2D eigenvalue weighted by Crippen LogP contribution is -2.21. The molecule has 0 aliphatic heterocycles. The van der Waals surface area contributed by atoms with Gasteiger partial charge in [0.1, 0.15) is 0 Å². The van der Waals surface area contributed by atoms with E-state index in [0.717, 1.165) is 19.3 Å². The highest BCUT2D eigenvalue weighted by Gasteiger charge is 2.28. The maximum atomic E-state index is 12.0. The second kappa shape index (κ2) is 8.78. The first-order chi connectivity index (χ1) is 7.87. The first kappa shape index (κ1) is 16.8. The molecule has 0 aliphatic rings. The molecule has 0 aromatic carbocycles. The summed E-state index contributed by atoms with van der Waals surface area (Å²) in [6, 6.07) is 0. The SMILES string of the molecule is CCCCCCCC(C)C(O)CCC(F)(F)F. The molecule has 0 aromatic heterocycles. The van der Waals surface area contributed by atoms with Gasteiger partial charge in [-0.2, -0.15) is 13.2 Å². The number of halogens is 3. The van der Waals surface area contributed by atoms with Gasteiger partial charge < -0.3 is 5.11 Å². The van der Waals surface area contributed by atoms with E-state index in [-0.39, 0.29) is 12.3 Å². The molecule has 2 atom stereocenters. The van der Waals surface area contributed by atoms with Gasteiger partial charge in [0.25, 0.3) is 0 Å². The lowest BCUT2D eigenvalue weighted by atomic mass is 9.94. The largest absolute Gasteiger partial charge is 0.393 e. The molecule has 1 nitrogen and oxygen atoms in total. The smallest absolute Gasteiger partial charge is 0.389 e. The predicted molar refractivity (Wildman–Crippen MR) is 63.8 cm³/mol. The van der Waals surface area contributed by atoms with Crippen LogP contribution in [0, 0.1) is 5.92 Å². The molecule has 0 amide bonds. The molecular weight excluding hydrogens is 229 g/mol. The first-order valence-electron chi connectivity index (χ1n) is 6.61. The molecule has 17 heavy (non-hydrogen) atoms. The molecule has 0 rings (SSSR count). The number of alkyl halides is 3. The van der Waals surface area contributed by atoms with Crippen molar-refractivity contribution in [3.63, 3.8) is 0 Å². The first-order valence-corrected chi connectivity index (χ1v) is 6.61. The highest BCUT2D eigenvalue weighted by Crippen LogP contribution is 2.25. The van der Waals surface area contributed by atoms with Crippen molar-refractivity contribution >= 4 is 0 Å². The fourth-order valence-corrected chi connectivity index (χ4v) is 1.86. The number of aliphatic hydroxyl groups excluding tert-OH is 1. The Morgan fingerprint density at radius 3 is 2.12 bits per heavy atom. The van der Waals surface area contributed by atoms with Crippen LogP contribution in [0.5, 0.6) is 0 Å². The van der Waals surface area contributed by atoms with Crippen LogP contribution in [0.25, 0.3) is 0 Å². The zero-order chi connectivity index (χ0) is 13.3. The standard InChI is InChI=1S/C13H25F3O/c1-3-4-5-6-7-8-11(2)12(17)9-10-13(14,15)16/h11-12,17H,3-10H2,1-2H3. The second-order valence-corrected chi connectivity index (χ2v) is 4.90. The van der Waals surface area contributed by atoms with E-state index in [2.05, 4.69) is 6.92 Å². The van der Waals surface area contributed by atoms with Crippen molar-refractivity contribution in [2.75, 3.05) is 0 Å². The van der Waals surface area contributed by atoms with E-state index in [4.69, 9.17) is 0 Å². The highest BCUT2D eigenvalue weighted by atomic mass is 19.4. The fourth-order valence-electron chi connectivity index (χ4n) is 1.86. The third kappa shape index (κ3) is 10.6. The number of hydrogen-bond acceptors (Lipinski definition) is 1. The minimum Gasteiger partial charge on any atom is -0.393 e. The second-order valence-electron chi connectivity index (χ2n) is 4.90. The van der Waals surface area contributed by atoms with E-state index >= 15 is 0 Å². The van der Waals surface area contributed by atoms with Gasteiger partial charge in [-0.25, -0.2) is 0 Å². The van der Waals surface area contributed by atoms with Crippen LogP contribution < -0.4 is 0 Å². The lowest BCUT2D eigenvalue weighted by Gasteiger charge is -2.19. The Hall–Kier alpha value is -0.250. The number of rotatable bonds is 9. The van der Waals surface area contributed by atoms with Crippen LogP contribution in [0.1, 0.15) is 65.2 Å². The van der Waals surface area contributed by atoms with Gasteiger partial charge in [-0.15, -0.1) is 0 Å². The molecule has 0 radical (unpaired) electrons. The molecule has 0 spiro atoms. The van der Waals surface area contributed by atoms with Crippen LogP contribution in [0.15, 0.2) is 0 Å². The van der Waals surface area contributed by atoms with Gasteiger partial charge >= 0.3 is 6.18 Å². The van der Waals surface area contributed by atoms with Crippen molar-refractivity contribution in [3.8, 4) is 0 Å². The van der Waals surface area contributed by atoms with Gasteiger partial charge in [-0.3, -0.25) is 0 Å². The van der Waals surface area contributed by atoms with Crippen molar-refractivity contribution in [2.24, 2.45) is 5.92 Å². The van der Waals surface area contributed by atoms with Crippen LogP contribution in [0.4, 0.5) is 13.2 Å². The Morgan fingerprint density at radius 1 is 1.00 bits per heavy atom. The number of hydrogen-bond donors (Lipinski definition) is 1. The summed E-state index contributed by atoms with van der Waals surface area (Å²) in [4.78, 5) is 0. The normalized spacial score (nSPS) is 15.9. The predicted octanol–water partition coefficient (Wildman–Crippen LogP) is 4.69. The summed E-state index contributed by atoms with van der Waals surface area (Å²) in [6.45, 7) is 3.98. The quantitative estimate of drug-likeness (QED) is 0.592. The minimum absolute atomic E-state index is 0.0287. The van der Waals surface area contributed by atoms with Gasteiger partial charge in [-0.1, -0.05) is 46.0 Å². The monoisotopic (exact) mass is 254 g/mol. The van der Waals surface area contributed by atoms with E-state index in [1.807, 2.05) is 6.92 Å². The summed E-state index contributed by atoms with van der Waals surface area (Å²) in [5, 5.41) is 9.58. The summed E-state index contributed by atoms with van der Waals surface area (Å²) in [7, 11) is 0. The van der Waals surface area contributed by atoms with Gasteiger partial charge in [-0.05, 0) is 18.8 Å². The van der Waals surface area contributed by atoms with E-state index in [1.54, 1.807) is 0 Å². The van der Waals surface area contributed by atoms with Gasteiger partial charge in [0.05, 0.1) is 6.10 Å². The molecule has 0 aromatic rings. The average Bonchev–Trinajstić information content (AvgIpc) is 2.24. The molecule has 2 unspecified atom stereocenters. The maximum Gasteiger partial charge on any atom is 0.389 e. The third-order valence-electron chi connectivity index (χ3n) is 3.14. The van der Waals surface area contributed by atoms with Crippen molar-refractivity contribution < 1.29 is 18.3 Å². The van der Waals surface area contributed by atoms with Crippen molar-refractivity contribution in [1.29, 1.82) is 0 Å². The lowest BCUT2D eigenvalue weighted by molar-refractivity contribution is -0.141. The van der Waals surface area contributed by atoms with E-state index in [9.17, 15) is 18.3 Å². The Labute approximate surface area is 102 Å². The molecule has 1 N–H and O–H groups in total. The van der Waals surface area contributed by atoms with Crippen LogP contribution in [-0.4, -0.2) is 17.4 Å². The van der Waals surface area contributed by atoms with Gasteiger partial charge in [0.2, 0.25) is 0 Å². The van der Waals surface area contributed by atoms with Gasteiger partial charge in [0, 0.05) is 6.42 Å². The van der Waals surface area contributed by atoms with Crippen LogP contribution >= 0.6 is 0 Å². The molecule has 104 valence electrons. The van der Waals surface area contributed by atoms with Crippen LogP contribution in [0.3, 0.4) is 0 Å². The maximum absolute atomic E-state index is 12.0. The van der Waals surface area contributed by atoms with Gasteiger partial charge in [0.15, 0.2) is 0 Å². The summed E-state index contributed by atoms with van der Waals surface area (Å²) in [5.74, 6) is -0.0287. The van der Waals surface area contributed by atoms with Crippen LogP contribution in [0.2, 0.25) is 0 Å². The van der Waals surface area contributed by atoms with E-state index in [0.29, 0.717) is 0 Å². The Bertz CT molecular complexity index is 180. The molecule has 0 saturated heterocycles. The summed E-state index contributed by atoms with van der Waals surface area (Å²) >= 11 is 0. The summed E-state index contributed by atoms with van der Waals surface area (Å²) < 4.78 is 35.9. The molecular formula is C13H25F3O. The van der Waals surface area contributed by atoms with Crippen LogP contribution in [-0.2, 0) is 0 Å². The zero-order valence-corrected chi connectivity index (χ0v) is 10.9. The summed E-state index contributed by atoms with van der Waals surface area (Å²) in [5.41, 5.74) is 0. The summed E-state index contributed by atoms with van der Waals surface area (Å²) in [6.07, 6.45) is 0.506. The molecule has 4 heteroatoms. The Kier molecular flexibility index (Phi) is 8.66. The number of unbranched alkanes of at least 4 members (excludes halogenated alkanes) is 4. The molecule has 0 saturated carbocycles. The minimum atomic E-state index is -4.15. The average molecular weight is 254 g/mol. The van der Waals surface area contributed by atoms with Crippen molar-refractivity contribution in [2.45, 2.75) is 77.5 Å². The molecule has 0 heterocycles. The Morgan fingerprint density at radius 2 is 1.59 bits per heavy atom. The topological polar surface area (TPSA) is 20.2 Å². The van der Waals surface area contributed by atoms with E-state index in [1.165, 1.54) is 19.3 Å². The molecule has 0 fully saturated rings. The van der Waals surface area contributed by atoms with Crippen molar-refractivity contribution in [3.05, 3.63) is 0 Å². The Balaban J connectivity index is 3.57. The highest BCUT2D eigenvalue weighted by molar-refractivity contribution is 4.67. The van der Waals surface area contributed by atoms with Crippen molar-refractivity contribution in [1.82, 2.24) is 0 Å². The molecule has 0 aliphatic carbocycles. The molecule has 0 bridgehead atoms.